The van der Waals surface area contributed by atoms with E-state index in [1.54, 1.807) is 18.2 Å². The highest BCUT2D eigenvalue weighted by atomic mass is 35.5. The number of halogens is 2. The van der Waals surface area contributed by atoms with Crippen LogP contribution in [0.15, 0.2) is 18.2 Å². The van der Waals surface area contributed by atoms with Crippen molar-refractivity contribution in [3.05, 3.63) is 28.2 Å². The molecule has 1 N–H and O–H groups in total. The van der Waals surface area contributed by atoms with Crippen LogP contribution in [0.5, 0.6) is 0 Å². The molecular weight excluding hydrogens is 367 g/mol. The normalized spacial score (nSPS) is 21.3. The second-order valence-electron chi connectivity index (χ2n) is 6.42. The van der Waals surface area contributed by atoms with Gasteiger partial charge in [0, 0.05) is 17.6 Å². The highest BCUT2D eigenvalue weighted by Gasteiger charge is 2.46. The van der Waals surface area contributed by atoms with Crippen LogP contribution in [0.3, 0.4) is 0 Å². The maximum atomic E-state index is 12.9. The van der Waals surface area contributed by atoms with Gasteiger partial charge in [-0.1, -0.05) is 23.2 Å². The Morgan fingerprint density at radius 1 is 1.28 bits per heavy atom. The number of nitrogens with zero attached hydrogens (tertiary/aromatic N) is 2. The molecule has 25 heavy (non-hydrogen) atoms. The lowest BCUT2D eigenvalue weighted by atomic mass is 10.1. The Kier molecular flexibility index (Phi) is 4.93. The van der Waals surface area contributed by atoms with E-state index in [4.69, 9.17) is 23.2 Å². The van der Waals surface area contributed by atoms with Gasteiger partial charge in [0.15, 0.2) is 0 Å². The van der Waals surface area contributed by atoms with E-state index in [-0.39, 0.29) is 11.9 Å². The second kappa shape index (κ2) is 6.84. The third-order valence-corrected chi connectivity index (χ3v) is 5.23. The molecular formula is C17H18Cl2N2O4. The molecule has 0 bridgehead atoms. The minimum atomic E-state index is -1.07. The molecule has 1 saturated carbocycles. The minimum absolute atomic E-state index is 0.0878. The third kappa shape index (κ3) is 3.46. The topological polar surface area (TPSA) is 77.9 Å². The number of amides is 2. The van der Waals surface area contributed by atoms with Gasteiger partial charge < -0.3 is 14.9 Å². The van der Waals surface area contributed by atoms with Gasteiger partial charge in [-0.2, -0.15) is 0 Å². The van der Waals surface area contributed by atoms with Crippen molar-refractivity contribution in [2.45, 2.75) is 38.3 Å². The number of aliphatic carboxylic acids is 1. The summed E-state index contributed by atoms with van der Waals surface area (Å²) in [5.74, 6) is -2.72. The maximum Gasteiger partial charge on any atom is 0.326 e. The summed E-state index contributed by atoms with van der Waals surface area (Å²) in [7, 11) is 0. The van der Waals surface area contributed by atoms with Crippen molar-refractivity contribution in [2.24, 2.45) is 5.92 Å². The Balaban J connectivity index is 1.82. The van der Waals surface area contributed by atoms with Crippen molar-refractivity contribution in [1.82, 2.24) is 4.90 Å². The van der Waals surface area contributed by atoms with Crippen molar-refractivity contribution in [3.63, 3.8) is 0 Å². The lowest BCUT2D eigenvalue weighted by Gasteiger charge is -2.28. The lowest BCUT2D eigenvalue weighted by Crippen LogP contribution is -2.48. The lowest BCUT2D eigenvalue weighted by molar-refractivity contribution is -0.153. The molecule has 1 heterocycles. The number of anilines is 1. The van der Waals surface area contributed by atoms with Gasteiger partial charge in [0.05, 0.1) is 10.7 Å². The summed E-state index contributed by atoms with van der Waals surface area (Å²) in [6, 6.07) is 3.78. The van der Waals surface area contributed by atoms with Crippen LogP contribution < -0.4 is 4.90 Å². The van der Waals surface area contributed by atoms with Gasteiger partial charge in [0.1, 0.15) is 12.0 Å². The van der Waals surface area contributed by atoms with Crippen LogP contribution in [-0.4, -0.2) is 46.4 Å². The maximum absolute atomic E-state index is 12.9. The molecule has 2 fully saturated rings. The van der Waals surface area contributed by atoms with Crippen molar-refractivity contribution in [3.8, 4) is 0 Å². The summed E-state index contributed by atoms with van der Waals surface area (Å²) in [6.45, 7) is 1.82. The highest BCUT2D eigenvalue weighted by Crippen LogP contribution is 2.36. The van der Waals surface area contributed by atoms with Crippen LogP contribution in [0, 0.1) is 5.92 Å². The van der Waals surface area contributed by atoms with Gasteiger partial charge in [-0.25, -0.2) is 4.79 Å². The van der Waals surface area contributed by atoms with E-state index in [2.05, 4.69) is 0 Å². The van der Waals surface area contributed by atoms with E-state index in [0.29, 0.717) is 28.7 Å². The van der Waals surface area contributed by atoms with Crippen molar-refractivity contribution < 1.29 is 19.5 Å². The molecule has 3 rings (SSSR count). The molecule has 2 aliphatic rings. The summed E-state index contributed by atoms with van der Waals surface area (Å²) >= 11 is 12.1. The molecule has 1 aliphatic heterocycles. The Labute approximate surface area is 155 Å². The van der Waals surface area contributed by atoms with Crippen LogP contribution in [0.1, 0.15) is 26.2 Å². The van der Waals surface area contributed by atoms with Gasteiger partial charge >= 0.3 is 5.97 Å². The first-order valence-electron chi connectivity index (χ1n) is 8.12. The molecule has 1 aromatic carbocycles. The summed E-state index contributed by atoms with van der Waals surface area (Å²) in [5, 5.41) is 10.1. The number of rotatable bonds is 5. The molecule has 2 atom stereocenters. The fraction of sp³-hybridized carbons (Fsp3) is 0.471. The fourth-order valence-corrected chi connectivity index (χ4v) is 3.57. The van der Waals surface area contributed by atoms with E-state index in [1.165, 1.54) is 16.7 Å². The van der Waals surface area contributed by atoms with Gasteiger partial charge in [-0.05, 0) is 44.4 Å². The number of carbonyl (C=O) groups is 3. The second-order valence-corrected chi connectivity index (χ2v) is 7.26. The van der Waals surface area contributed by atoms with Crippen LogP contribution in [0.4, 0.5) is 5.69 Å². The Bertz CT molecular complexity index is 735. The molecule has 2 unspecified atom stereocenters. The van der Waals surface area contributed by atoms with Crippen LogP contribution in [0.25, 0.3) is 0 Å². The number of benzene rings is 1. The molecule has 8 heteroatoms. The molecule has 0 spiro atoms. The zero-order valence-corrected chi connectivity index (χ0v) is 15.1. The highest BCUT2D eigenvalue weighted by molar-refractivity contribution is 6.36. The van der Waals surface area contributed by atoms with Gasteiger partial charge in [-0.15, -0.1) is 0 Å². The number of hydrogen-bond donors (Lipinski definition) is 1. The third-order valence-electron chi connectivity index (χ3n) is 4.67. The molecule has 1 aliphatic carbocycles. The van der Waals surface area contributed by atoms with E-state index >= 15 is 0 Å². The number of carboxylic acid groups (broad SMARTS) is 1. The summed E-state index contributed by atoms with van der Waals surface area (Å²) < 4.78 is 0. The van der Waals surface area contributed by atoms with Crippen LogP contribution in [-0.2, 0) is 14.4 Å². The largest absolute Gasteiger partial charge is 0.480 e. The molecule has 1 saturated heterocycles. The Morgan fingerprint density at radius 2 is 1.96 bits per heavy atom. The van der Waals surface area contributed by atoms with E-state index in [0.717, 1.165) is 12.8 Å². The summed E-state index contributed by atoms with van der Waals surface area (Å²) in [5.41, 5.74) is 0.471. The molecule has 2 amide bonds. The van der Waals surface area contributed by atoms with Gasteiger partial charge in [0.25, 0.3) is 0 Å². The zero-order valence-electron chi connectivity index (χ0n) is 13.6. The standard InChI is InChI=1S/C17H18Cl2N2O4/c1-9(17(24)25)21(11-3-4-11)16(23)12-6-7-20(15(12)22)14-8-10(18)2-5-13(14)19/h2,5,8-9,11-12H,3-4,6-7H2,1H3,(H,24,25). The van der Waals surface area contributed by atoms with Crippen molar-refractivity contribution in [2.75, 3.05) is 11.4 Å². The SMILES string of the molecule is CC(C(=O)O)N(C(=O)C1CCN(c2cc(Cl)ccc2Cl)C1=O)C1CC1. The quantitative estimate of drug-likeness (QED) is 0.791. The predicted molar refractivity (Wildman–Crippen MR) is 93.9 cm³/mol. The van der Waals surface area contributed by atoms with Crippen molar-refractivity contribution >= 4 is 46.7 Å². The molecule has 1 aromatic rings. The van der Waals surface area contributed by atoms with E-state index < -0.39 is 23.8 Å². The number of carboxylic acids is 1. The van der Waals surface area contributed by atoms with E-state index in [9.17, 15) is 19.5 Å². The molecule has 0 aromatic heterocycles. The average molecular weight is 385 g/mol. The summed E-state index contributed by atoms with van der Waals surface area (Å²) in [6.07, 6.45) is 1.87. The first-order valence-corrected chi connectivity index (χ1v) is 8.88. The van der Waals surface area contributed by atoms with Crippen LogP contribution >= 0.6 is 23.2 Å². The van der Waals surface area contributed by atoms with Gasteiger partial charge in [0.2, 0.25) is 11.8 Å². The number of hydrogen-bond acceptors (Lipinski definition) is 3. The van der Waals surface area contributed by atoms with E-state index in [1.807, 2.05) is 0 Å². The monoisotopic (exact) mass is 384 g/mol. The molecule has 6 nitrogen and oxygen atoms in total. The Hall–Kier alpha value is -1.79. The Morgan fingerprint density at radius 3 is 2.56 bits per heavy atom. The van der Waals surface area contributed by atoms with Gasteiger partial charge in [-0.3, -0.25) is 9.59 Å². The molecule has 134 valence electrons. The van der Waals surface area contributed by atoms with Crippen molar-refractivity contribution in [1.29, 1.82) is 0 Å². The molecule has 0 radical (unpaired) electrons. The minimum Gasteiger partial charge on any atom is -0.480 e. The number of carbonyl (C=O) groups excluding carboxylic acids is 2. The zero-order chi connectivity index (χ0) is 18.3. The first kappa shape index (κ1) is 18.0. The average Bonchev–Trinajstić information content (AvgIpc) is 3.31. The summed E-state index contributed by atoms with van der Waals surface area (Å²) in [4.78, 5) is 39.8. The smallest absolute Gasteiger partial charge is 0.326 e. The van der Waals surface area contributed by atoms with Crippen LogP contribution in [0.2, 0.25) is 10.0 Å². The first-order chi connectivity index (χ1) is 11.8. The predicted octanol–water partition coefficient (Wildman–Crippen LogP) is 2.81. The fourth-order valence-electron chi connectivity index (χ4n) is 3.18.